The number of methoxy groups -OCH3 is 1. The monoisotopic (exact) mass is 467 g/mol. The highest BCUT2D eigenvalue weighted by Gasteiger charge is 2.23. The number of fused-ring (bicyclic) bond motifs is 2. The molecule has 1 aromatic carbocycles. The Balaban J connectivity index is 1.13. The van der Waals surface area contributed by atoms with Crippen LogP contribution < -0.4 is 25.4 Å². The highest BCUT2D eigenvalue weighted by molar-refractivity contribution is 5.93. The first kappa shape index (κ1) is 22.4. The van der Waals surface area contributed by atoms with Crippen molar-refractivity contribution in [2.45, 2.75) is 50.9 Å². The van der Waals surface area contributed by atoms with Crippen molar-refractivity contribution in [1.82, 2.24) is 30.6 Å². The molecule has 1 aliphatic carbocycles. The topological polar surface area (TPSA) is 123 Å². The maximum absolute atomic E-state index is 14.6. The third kappa shape index (κ3) is 4.90. The fourth-order valence-corrected chi connectivity index (χ4v) is 4.34. The largest absolute Gasteiger partial charge is 0.480 e. The Labute approximate surface area is 195 Å². The zero-order valence-corrected chi connectivity index (χ0v) is 18.8. The summed E-state index contributed by atoms with van der Waals surface area (Å²) in [6.07, 6.45) is 7.11. The van der Waals surface area contributed by atoms with Crippen LogP contribution in [0, 0.1) is 5.82 Å². The van der Waals surface area contributed by atoms with Gasteiger partial charge in [0.1, 0.15) is 11.3 Å². The Hall–Kier alpha value is -3.44. The number of ether oxygens (including phenoxy) is 2. The van der Waals surface area contributed by atoms with Gasteiger partial charge in [0.15, 0.2) is 12.4 Å². The highest BCUT2D eigenvalue weighted by atomic mass is 19.1. The number of carbonyl (C=O) groups is 1. The SMILES string of the molecule is COc1cnc2ccc(F)c(CN[C@H]3CC[C@H](NCc4cnc5c(n4)NC(=O)CO5)CC3)c2n1. The predicted molar refractivity (Wildman–Crippen MR) is 122 cm³/mol. The molecule has 0 bridgehead atoms. The summed E-state index contributed by atoms with van der Waals surface area (Å²) in [5.74, 6) is 0.552. The average Bonchev–Trinajstić information content (AvgIpc) is 2.87. The van der Waals surface area contributed by atoms with Gasteiger partial charge >= 0.3 is 0 Å². The number of amides is 1. The minimum absolute atomic E-state index is 0.0364. The molecule has 3 aromatic rings. The van der Waals surface area contributed by atoms with E-state index in [4.69, 9.17) is 9.47 Å². The zero-order chi connectivity index (χ0) is 23.5. The molecule has 3 heterocycles. The van der Waals surface area contributed by atoms with Gasteiger partial charge in [-0.15, -0.1) is 0 Å². The Kier molecular flexibility index (Phi) is 6.45. The van der Waals surface area contributed by atoms with E-state index in [0.717, 1.165) is 31.4 Å². The molecule has 1 aliphatic heterocycles. The quantitative estimate of drug-likeness (QED) is 0.479. The number of anilines is 1. The first-order valence-corrected chi connectivity index (χ1v) is 11.3. The van der Waals surface area contributed by atoms with Crippen LogP contribution in [-0.4, -0.2) is 51.6 Å². The van der Waals surface area contributed by atoms with Gasteiger partial charge in [-0.1, -0.05) is 0 Å². The number of benzene rings is 1. The summed E-state index contributed by atoms with van der Waals surface area (Å²) >= 11 is 0. The van der Waals surface area contributed by atoms with Crippen molar-refractivity contribution < 1.29 is 18.7 Å². The molecule has 34 heavy (non-hydrogen) atoms. The van der Waals surface area contributed by atoms with E-state index in [2.05, 4.69) is 35.9 Å². The number of hydrogen-bond acceptors (Lipinski definition) is 9. The van der Waals surface area contributed by atoms with Crippen LogP contribution in [0.1, 0.15) is 36.9 Å². The van der Waals surface area contributed by atoms with Gasteiger partial charge in [-0.05, 0) is 37.8 Å². The van der Waals surface area contributed by atoms with Crippen LogP contribution in [0.3, 0.4) is 0 Å². The summed E-state index contributed by atoms with van der Waals surface area (Å²) in [7, 11) is 1.52. The van der Waals surface area contributed by atoms with Crippen molar-refractivity contribution in [2.75, 3.05) is 19.0 Å². The number of nitrogens with zero attached hydrogens (tertiary/aromatic N) is 4. The molecule has 0 radical (unpaired) electrons. The average molecular weight is 468 g/mol. The highest BCUT2D eigenvalue weighted by Crippen LogP contribution is 2.24. The van der Waals surface area contributed by atoms with Gasteiger partial charge in [0.25, 0.3) is 11.8 Å². The van der Waals surface area contributed by atoms with E-state index in [1.54, 1.807) is 12.3 Å². The molecule has 2 aliphatic rings. The molecule has 178 valence electrons. The first-order chi connectivity index (χ1) is 16.6. The minimum atomic E-state index is -0.300. The lowest BCUT2D eigenvalue weighted by molar-refractivity contribution is -0.118. The van der Waals surface area contributed by atoms with Crippen LogP contribution >= 0.6 is 0 Å². The van der Waals surface area contributed by atoms with Crippen molar-refractivity contribution >= 4 is 22.8 Å². The molecule has 1 fully saturated rings. The second-order valence-electron chi connectivity index (χ2n) is 8.47. The van der Waals surface area contributed by atoms with Gasteiger partial charge in [0.2, 0.25) is 5.88 Å². The maximum atomic E-state index is 14.6. The standard InChI is InChI=1S/C23H26FN7O3/c1-33-20-11-27-18-7-6-17(24)16(21(18)31-20)10-26-14-4-2-13(3-5-14)25-8-15-9-28-23-22(29-15)30-19(32)12-34-23/h6-7,9,11,13-14,25-26H,2-5,8,10,12H2,1H3,(H,29,30,32)/t13-,14-. The number of carbonyl (C=O) groups excluding carboxylic acids is 1. The molecule has 0 atom stereocenters. The fraction of sp³-hybridized carbons (Fsp3) is 0.435. The van der Waals surface area contributed by atoms with E-state index in [1.807, 2.05) is 0 Å². The Bertz CT molecular complexity index is 1200. The third-order valence-electron chi connectivity index (χ3n) is 6.20. The van der Waals surface area contributed by atoms with Gasteiger partial charge in [0, 0.05) is 30.7 Å². The lowest BCUT2D eigenvalue weighted by atomic mass is 9.91. The molecule has 11 heteroatoms. The van der Waals surface area contributed by atoms with Crippen molar-refractivity contribution in [1.29, 1.82) is 0 Å². The van der Waals surface area contributed by atoms with Crippen LogP contribution in [-0.2, 0) is 17.9 Å². The van der Waals surface area contributed by atoms with Crippen LogP contribution in [0.5, 0.6) is 11.8 Å². The molecule has 5 rings (SSSR count). The Morgan fingerprint density at radius 3 is 2.62 bits per heavy atom. The van der Waals surface area contributed by atoms with Crippen molar-refractivity contribution in [3.8, 4) is 11.8 Å². The summed E-state index contributed by atoms with van der Waals surface area (Å²) in [5, 5.41) is 9.69. The Morgan fingerprint density at radius 1 is 1.09 bits per heavy atom. The van der Waals surface area contributed by atoms with E-state index < -0.39 is 0 Å². The predicted octanol–water partition coefficient (Wildman–Crippen LogP) is 2.09. The maximum Gasteiger partial charge on any atom is 0.263 e. The van der Waals surface area contributed by atoms with Crippen molar-refractivity contribution in [2.24, 2.45) is 0 Å². The van der Waals surface area contributed by atoms with E-state index in [9.17, 15) is 9.18 Å². The molecule has 0 saturated heterocycles. The second kappa shape index (κ2) is 9.82. The van der Waals surface area contributed by atoms with Crippen molar-refractivity contribution in [3.05, 3.63) is 41.6 Å². The molecule has 10 nitrogen and oxygen atoms in total. The smallest absolute Gasteiger partial charge is 0.263 e. The van der Waals surface area contributed by atoms with E-state index in [-0.39, 0.29) is 18.3 Å². The minimum Gasteiger partial charge on any atom is -0.480 e. The van der Waals surface area contributed by atoms with Gasteiger partial charge in [-0.25, -0.2) is 24.3 Å². The summed E-state index contributed by atoms with van der Waals surface area (Å²) in [4.78, 5) is 28.8. The van der Waals surface area contributed by atoms with Crippen LogP contribution in [0.4, 0.5) is 10.2 Å². The molecular weight excluding hydrogens is 441 g/mol. The van der Waals surface area contributed by atoms with Gasteiger partial charge < -0.3 is 25.4 Å². The molecule has 3 N–H and O–H groups in total. The molecular formula is C23H26FN7O3. The van der Waals surface area contributed by atoms with Gasteiger partial charge in [0.05, 0.1) is 30.7 Å². The number of aromatic nitrogens is 4. The lowest BCUT2D eigenvalue weighted by Crippen LogP contribution is -2.39. The molecule has 1 amide bonds. The zero-order valence-electron chi connectivity index (χ0n) is 18.8. The summed E-state index contributed by atoms with van der Waals surface area (Å²) in [6.45, 7) is 0.901. The number of hydrogen-bond donors (Lipinski definition) is 3. The fourth-order valence-electron chi connectivity index (χ4n) is 4.34. The second-order valence-corrected chi connectivity index (χ2v) is 8.47. The number of halogens is 1. The summed E-state index contributed by atoms with van der Waals surface area (Å²) < 4.78 is 25.0. The molecule has 1 saturated carbocycles. The third-order valence-corrected chi connectivity index (χ3v) is 6.20. The Morgan fingerprint density at radius 2 is 1.85 bits per heavy atom. The molecule has 2 aromatic heterocycles. The number of nitrogens with one attached hydrogen (secondary N) is 3. The van der Waals surface area contributed by atoms with Crippen LogP contribution in [0.15, 0.2) is 24.5 Å². The van der Waals surface area contributed by atoms with Crippen LogP contribution in [0.25, 0.3) is 11.0 Å². The molecule has 0 unspecified atom stereocenters. The van der Waals surface area contributed by atoms with E-state index in [1.165, 1.54) is 19.4 Å². The van der Waals surface area contributed by atoms with Crippen molar-refractivity contribution in [3.63, 3.8) is 0 Å². The summed E-state index contributed by atoms with van der Waals surface area (Å²) in [5.41, 5.74) is 2.41. The van der Waals surface area contributed by atoms with Crippen LogP contribution in [0.2, 0.25) is 0 Å². The van der Waals surface area contributed by atoms with Gasteiger partial charge in [-0.2, -0.15) is 0 Å². The van der Waals surface area contributed by atoms with E-state index >= 15 is 0 Å². The lowest BCUT2D eigenvalue weighted by Gasteiger charge is -2.30. The normalized spacial score (nSPS) is 19.9. The van der Waals surface area contributed by atoms with Gasteiger partial charge in [-0.3, -0.25) is 4.79 Å². The first-order valence-electron chi connectivity index (χ1n) is 11.3. The molecule has 0 spiro atoms. The number of rotatable bonds is 7. The van der Waals surface area contributed by atoms with E-state index in [0.29, 0.717) is 59.3 Å². The summed E-state index contributed by atoms with van der Waals surface area (Å²) in [6, 6.07) is 3.71.